The van der Waals surface area contributed by atoms with Gasteiger partial charge in [0.05, 0.1) is 0 Å². The van der Waals surface area contributed by atoms with E-state index in [0.717, 1.165) is 23.7 Å². The number of aromatic nitrogens is 2. The van der Waals surface area contributed by atoms with Crippen molar-refractivity contribution in [1.82, 2.24) is 9.36 Å². The maximum absolute atomic E-state index is 4.32. The smallest absolute Gasteiger partial charge is 0.172 e. The fraction of sp³-hybridized carbons (Fsp3) is 0.333. The van der Waals surface area contributed by atoms with Gasteiger partial charge in [0, 0.05) is 5.57 Å². The zero-order valence-corrected chi connectivity index (χ0v) is 7.77. The first-order valence-electron chi connectivity index (χ1n) is 4.03. The summed E-state index contributed by atoms with van der Waals surface area (Å²) in [5.74, 6) is 0.883. The Kier molecular flexibility index (Phi) is 2.04. The molecular formula is C9H10N2S. The Labute approximate surface area is 75.8 Å². The van der Waals surface area contributed by atoms with Crippen LogP contribution in [0.4, 0.5) is 0 Å². The second-order valence-corrected chi connectivity index (χ2v) is 3.73. The summed E-state index contributed by atoms with van der Waals surface area (Å²) in [6.45, 7) is 1.98. The average Bonchev–Trinajstić information content (AvgIpc) is 2.54. The standard InChI is InChI=1S/C9H10N2S/c1-7-10-9(11-12-7)8-5-3-2-4-6-8/h3,5-6H,2,4H2,1H3. The van der Waals surface area contributed by atoms with E-state index in [4.69, 9.17) is 0 Å². The van der Waals surface area contributed by atoms with Crippen LogP contribution in [0.1, 0.15) is 23.7 Å². The van der Waals surface area contributed by atoms with Crippen LogP contribution in [-0.4, -0.2) is 9.36 Å². The predicted octanol–water partition coefficient (Wildman–Crippen LogP) is 2.58. The SMILES string of the molecule is Cc1nc(C2=CCCC=C2)ns1. The van der Waals surface area contributed by atoms with Gasteiger partial charge in [0.2, 0.25) is 0 Å². The minimum atomic E-state index is 0.883. The van der Waals surface area contributed by atoms with Crippen molar-refractivity contribution < 1.29 is 0 Å². The molecule has 0 spiro atoms. The van der Waals surface area contributed by atoms with Crippen LogP contribution in [0.2, 0.25) is 0 Å². The fourth-order valence-corrected chi connectivity index (χ4v) is 1.69. The largest absolute Gasteiger partial charge is 0.220 e. The van der Waals surface area contributed by atoms with Gasteiger partial charge < -0.3 is 0 Å². The fourth-order valence-electron chi connectivity index (χ4n) is 1.20. The van der Waals surface area contributed by atoms with Crippen LogP contribution in [0, 0.1) is 6.92 Å². The molecule has 1 aliphatic rings. The highest BCUT2D eigenvalue weighted by Crippen LogP contribution is 2.19. The van der Waals surface area contributed by atoms with Crippen LogP contribution in [-0.2, 0) is 0 Å². The van der Waals surface area contributed by atoms with Gasteiger partial charge >= 0.3 is 0 Å². The zero-order chi connectivity index (χ0) is 8.39. The predicted molar refractivity (Wildman–Crippen MR) is 51.0 cm³/mol. The van der Waals surface area contributed by atoms with Crippen molar-refractivity contribution >= 4 is 17.1 Å². The molecule has 0 aliphatic heterocycles. The molecule has 0 unspecified atom stereocenters. The molecule has 0 radical (unpaired) electrons. The van der Waals surface area contributed by atoms with E-state index >= 15 is 0 Å². The van der Waals surface area contributed by atoms with Crippen molar-refractivity contribution in [3.63, 3.8) is 0 Å². The third-order valence-corrected chi connectivity index (χ3v) is 2.40. The highest BCUT2D eigenvalue weighted by Gasteiger charge is 2.05. The summed E-state index contributed by atoms with van der Waals surface area (Å²) in [6, 6.07) is 0. The molecule has 0 atom stereocenters. The van der Waals surface area contributed by atoms with Gasteiger partial charge in [-0.3, -0.25) is 0 Å². The van der Waals surface area contributed by atoms with E-state index in [1.165, 1.54) is 17.1 Å². The van der Waals surface area contributed by atoms with Crippen LogP contribution in [0.15, 0.2) is 18.2 Å². The number of aryl methyl sites for hydroxylation is 1. The molecule has 0 saturated carbocycles. The van der Waals surface area contributed by atoms with Gasteiger partial charge in [0.25, 0.3) is 0 Å². The van der Waals surface area contributed by atoms with Gasteiger partial charge in [-0.2, -0.15) is 4.37 Å². The quantitative estimate of drug-likeness (QED) is 0.660. The molecule has 0 amide bonds. The van der Waals surface area contributed by atoms with Gasteiger partial charge in [-0.25, -0.2) is 4.98 Å². The van der Waals surface area contributed by atoms with Crippen molar-refractivity contribution in [2.24, 2.45) is 0 Å². The summed E-state index contributed by atoms with van der Waals surface area (Å²) >= 11 is 1.46. The first-order valence-corrected chi connectivity index (χ1v) is 4.81. The number of nitrogens with zero attached hydrogens (tertiary/aromatic N) is 2. The molecule has 1 aromatic rings. The molecular weight excluding hydrogens is 168 g/mol. The molecule has 62 valence electrons. The van der Waals surface area contributed by atoms with Gasteiger partial charge in [0.15, 0.2) is 5.82 Å². The third-order valence-electron chi connectivity index (χ3n) is 1.78. The number of hydrogen-bond acceptors (Lipinski definition) is 3. The Hall–Kier alpha value is -0.960. The lowest BCUT2D eigenvalue weighted by Gasteiger charge is -2.00. The molecule has 2 rings (SSSR count). The van der Waals surface area contributed by atoms with E-state index in [1.54, 1.807) is 0 Å². The monoisotopic (exact) mass is 178 g/mol. The lowest BCUT2D eigenvalue weighted by molar-refractivity contribution is 1.03. The van der Waals surface area contributed by atoms with Crippen LogP contribution in [0.25, 0.3) is 5.57 Å². The van der Waals surface area contributed by atoms with E-state index in [1.807, 2.05) is 6.92 Å². The van der Waals surface area contributed by atoms with Crippen LogP contribution in [0.3, 0.4) is 0 Å². The molecule has 0 aromatic carbocycles. The van der Waals surface area contributed by atoms with E-state index in [2.05, 4.69) is 27.6 Å². The molecule has 0 saturated heterocycles. The Morgan fingerprint density at radius 1 is 1.42 bits per heavy atom. The molecule has 1 heterocycles. The molecule has 2 nitrogen and oxygen atoms in total. The lowest BCUT2D eigenvalue weighted by Crippen LogP contribution is -1.87. The first kappa shape index (κ1) is 7.68. The number of hydrogen-bond donors (Lipinski definition) is 0. The average molecular weight is 178 g/mol. The van der Waals surface area contributed by atoms with Crippen LogP contribution >= 0.6 is 11.5 Å². The van der Waals surface area contributed by atoms with E-state index in [0.29, 0.717) is 0 Å². The maximum atomic E-state index is 4.32. The molecule has 0 fully saturated rings. The molecule has 3 heteroatoms. The highest BCUT2D eigenvalue weighted by atomic mass is 32.1. The molecule has 12 heavy (non-hydrogen) atoms. The Balaban J connectivity index is 2.30. The topological polar surface area (TPSA) is 25.8 Å². The summed E-state index contributed by atoms with van der Waals surface area (Å²) < 4.78 is 4.25. The molecule has 1 aliphatic carbocycles. The Morgan fingerprint density at radius 3 is 2.92 bits per heavy atom. The van der Waals surface area contributed by atoms with Crippen LogP contribution < -0.4 is 0 Å². The Bertz CT molecular complexity index is 336. The van der Waals surface area contributed by atoms with Gasteiger partial charge in [-0.05, 0) is 31.3 Å². The van der Waals surface area contributed by atoms with Crippen molar-refractivity contribution in [2.75, 3.05) is 0 Å². The van der Waals surface area contributed by atoms with E-state index in [-0.39, 0.29) is 0 Å². The summed E-state index contributed by atoms with van der Waals surface area (Å²) in [7, 11) is 0. The minimum absolute atomic E-state index is 0.883. The maximum Gasteiger partial charge on any atom is 0.172 e. The molecule has 0 bridgehead atoms. The Morgan fingerprint density at radius 2 is 2.33 bits per heavy atom. The molecule has 0 N–H and O–H groups in total. The minimum Gasteiger partial charge on any atom is -0.220 e. The van der Waals surface area contributed by atoms with Crippen molar-refractivity contribution in [1.29, 1.82) is 0 Å². The second kappa shape index (κ2) is 3.19. The summed E-state index contributed by atoms with van der Waals surface area (Å²) in [5, 5.41) is 1.03. The first-order chi connectivity index (χ1) is 5.86. The third kappa shape index (κ3) is 1.46. The summed E-state index contributed by atoms with van der Waals surface area (Å²) in [5.41, 5.74) is 1.17. The molecule has 1 aromatic heterocycles. The lowest BCUT2D eigenvalue weighted by atomic mass is 10.1. The highest BCUT2D eigenvalue weighted by molar-refractivity contribution is 7.05. The number of rotatable bonds is 1. The van der Waals surface area contributed by atoms with Gasteiger partial charge in [-0.15, -0.1) is 0 Å². The van der Waals surface area contributed by atoms with Crippen molar-refractivity contribution in [3.05, 3.63) is 29.1 Å². The van der Waals surface area contributed by atoms with Crippen LogP contribution in [0.5, 0.6) is 0 Å². The second-order valence-electron chi connectivity index (χ2n) is 2.78. The summed E-state index contributed by atoms with van der Waals surface area (Å²) in [4.78, 5) is 4.32. The normalized spacial score (nSPS) is 16.2. The van der Waals surface area contributed by atoms with Gasteiger partial charge in [0.1, 0.15) is 5.01 Å². The van der Waals surface area contributed by atoms with Gasteiger partial charge in [-0.1, -0.05) is 18.2 Å². The van der Waals surface area contributed by atoms with Crippen molar-refractivity contribution in [3.8, 4) is 0 Å². The zero-order valence-electron chi connectivity index (χ0n) is 6.95. The summed E-state index contributed by atoms with van der Waals surface area (Å²) in [6.07, 6.45) is 8.73. The van der Waals surface area contributed by atoms with E-state index < -0.39 is 0 Å². The number of allylic oxidation sites excluding steroid dienone is 4. The van der Waals surface area contributed by atoms with Crippen molar-refractivity contribution in [2.45, 2.75) is 19.8 Å². The van der Waals surface area contributed by atoms with E-state index in [9.17, 15) is 0 Å².